The van der Waals surface area contributed by atoms with Crippen LogP contribution in [0.1, 0.15) is 39.5 Å². The summed E-state index contributed by atoms with van der Waals surface area (Å²) < 4.78 is 31.2. The normalized spacial score (nSPS) is 18.2. The van der Waals surface area contributed by atoms with Gasteiger partial charge in [-0.3, -0.25) is 14.5 Å². The summed E-state index contributed by atoms with van der Waals surface area (Å²) in [6.45, 7) is 4.04. The first kappa shape index (κ1) is 24.4. The zero-order valence-electron chi connectivity index (χ0n) is 19.8. The number of Topliss-reactive ketones (excluding diaryl/α,β-unsaturated/α-hetero) is 1. The van der Waals surface area contributed by atoms with E-state index in [9.17, 15) is 19.5 Å². The fourth-order valence-electron chi connectivity index (χ4n) is 4.24. The van der Waals surface area contributed by atoms with E-state index in [2.05, 4.69) is 4.98 Å². The highest BCUT2D eigenvalue weighted by atomic mass is 32.1. The molecule has 9 nitrogen and oxygen atoms in total. The molecule has 1 saturated heterocycles. The van der Waals surface area contributed by atoms with Crippen LogP contribution in [-0.4, -0.2) is 47.6 Å². The van der Waals surface area contributed by atoms with E-state index in [0.29, 0.717) is 30.4 Å². The minimum Gasteiger partial charge on any atom is -0.507 e. The van der Waals surface area contributed by atoms with Gasteiger partial charge in [-0.05, 0) is 38.1 Å². The van der Waals surface area contributed by atoms with Gasteiger partial charge in [-0.25, -0.2) is 14.2 Å². The molecule has 3 heterocycles. The lowest BCUT2D eigenvalue weighted by molar-refractivity contribution is -0.132. The molecule has 1 N–H and O–H groups in total. The number of thiazole rings is 1. The first-order valence-corrected chi connectivity index (χ1v) is 12.2. The van der Waals surface area contributed by atoms with Crippen LogP contribution in [0.2, 0.25) is 0 Å². The molecule has 0 aliphatic carbocycles. The van der Waals surface area contributed by atoms with E-state index in [1.165, 1.54) is 30.3 Å². The van der Waals surface area contributed by atoms with Gasteiger partial charge < -0.3 is 19.3 Å². The third kappa shape index (κ3) is 4.20. The highest BCUT2D eigenvalue weighted by molar-refractivity contribution is 7.17. The van der Waals surface area contributed by atoms with Crippen LogP contribution >= 0.6 is 11.3 Å². The van der Waals surface area contributed by atoms with Gasteiger partial charge in [0.15, 0.2) is 16.6 Å². The van der Waals surface area contributed by atoms with Crippen molar-refractivity contribution in [3.05, 3.63) is 75.6 Å². The van der Waals surface area contributed by atoms with Crippen LogP contribution in [-0.2, 0) is 14.3 Å². The number of benzene rings is 2. The van der Waals surface area contributed by atoms with Crippen LogP contribution in [0.4, 0.5) is 9.52 Å². The van der Waals surface area contributed by atoms with E-state index in [4.69, 9.17) is 14.2 Å². The molecular weight excluding hydrogens is 503 g/mol. The Kier molecular flexibility index (Phi) is 6.38. The summed E-state index contributed by atoms with van der Waals surface area (Å²) in [7, 11) is 0. The molecule has 1 amide bonds. The molecule has 1 aromatic heterocycles. The van der Waals surface area contributed by atoms with Crippen LogP contribution in [0.25, 0.3) is 5.76 Å². The number of amides is 1. The molecule has 2 aromatic carbocycles. The van der Waals surface area contributed by atoms with Crippen LogP contribution in [0.3, 0.4) is 0 Å². The van der Waals surface area contributed by atoms with E-state index < -0.39 is 35.3 Å². The lowest BCUT2D eigenvalue weighted by Gasteiger charge is -2.23. The van der Waals surface area contributed by atoms with Crippen molar-refractivity contribution in [2.24, 2.45) is 0 Å². The molecule has 190 valence electrons. The fraction of sp³-hybridized carbons (Fsp3) is 0.231. The molecular formula is C26H21FN2O7S. The second-order valence-electron chi connectivity index (χ2n) is 8.18. The van der Waals surface area contributed by atoms with Gasteiger partial charge in [0.1, 0.15) is 35.7 Å². The summed E-state index contributed by atoms with van der Waals surface area (Å²) >= 11 is 0.847. The predicted octanol–water partition coefficient (Wildman–Crippen LogP) is 4.16. The van der Waals surface area contributed by atoms with Crippen molar-refractivity contribution in [2.45, 2.75) is 19.9 Å². The second kappa shape index (κ2) is 9.66. The maximum atomic E-state index is 15.1. The average molecular weight is 525 g/mol. The number of rotatable bonds is 5. The van der Waals surface area contributed by atoms with Crippen molar-refractivity contribution in [3.63, 3.8) is 0 Å². The quantitative estimate of drug-likeness (QED) is 0.229. The Bertz CT molecular complexity index is 1460. The monoisotopic (exact) mass is 524 g/mol. The standard InChI is InChI=1S/C26H21FN2O7S/c1-3-34-25(33)23-13(2)28-26(37-23)29-20(15-6-4-5-7-16(15)27)19(22(31)24(29)32)21(30)14-8-9-17-18(12-14)36-11-10-35-17/h4-9,12,20,30H,3,10-11H2,1-2H3. The molecule has 1 fully saturated rings. The van der Waals surface area contributed by atoms with Gasteiger partial charge in [-0.2, -0.15) is 0 Å². The Morgan fingerprint density at radius 3 is 2.65 bits per heavy atom. The zero-order chi connectivity index (χ0) is 26.3. The third-order valence-corrected chi connectivity index (χ3v) is 7.05. The number of anilines is 1. The Morgan fingerprint density at radius 1 is 1.19 bits per heavy atom. The Balaban J connectivity index is 1.68. The SMILES string of the molecule is CCOC(=O)c1sc(N2C(=O)C(=O)C(=C(O)c3ccc4c(c3)OCCO4)C2c2ccccc2F)nc1C. The first-order valence-electron chi connectivity index (χ1n) is 11.4. The number of carbonyl (C=O) groups excluding carboxylic acids is 3. The second-order valence-corrected chi connectivity index (χ2v) is 9.16. The van der Waals surface area contributed by atoms with E-state index in [1.807, 2.05) is 0 Å². The third-order valence-electron chi connectivity index (χ3n) is 5.91. The molecule has 5 rings (SSSR count). The lowest BCUT2D eigenvalue weighted by Crippen LogP contribution is -2.29. The predicted molar refractivity (Wildman–Crippen MR) is 131 cm³/mol. The number of fused-ring (bicyclic) bond motifs is 1. The van der Waals surface area contributed by atoms with Crippen molar-refractivity contribution in [2.75, 3.05) is 24.7 Å². The van der Waals surface area contributed by atoms with Gasteiger partial charge in [-0.15, -0.1) is 0 Å². The van der Waals surface area contributed by atoms with E-state index in [0.717, 1.165) is 16.2 Å². The molecule has 37 heavy (non-hydrogen) atoms. The average Bonchev–Trinajstić information content (AvgIpc) is 3.40. The smallest absolute Gasteiger partial charge is 0.350 e. The minimum atomic E-state index is -1.34. The molecule has 11 heteroatoms. The molecule has 0 bridgehead atoms. The van der Waals surface area contributed by atoms with Crippen molar-refractivity contribution < 1.29 is 38.1 Å². The summed E-state index contributed by atoms with van der Waals surface area (Å²) in [4.78, 5) is 44.5. The number of aliphatic hydroxyl groups is 1. The minimum absolute atomic E-state index is 0.00266. The Morgan fingerprint density at radius 2 is 1.92 bits per heavy atom. The van der Waals surface area contributed by atoms with Crippen molar-refractivity contribution in [1.82, 2.24) is 4.98 Å². The maximum absolute atomic E-state index is 15.1. The molecule has 1 atom stereocenters. The number of carbonyl (C=O) groups is 3. The van der Waals surface area contributed by atoms with Crippen LogP contribution in [0.15, 0.2) is 48.0 Å². The number of aromatic nitrogens is 1. The van der Waals surface area contributed by atoms with Gasteiger partial charge in [0, 0.05) is 11.1 Å². The van der Waals surface area contributed by atoms with Gasteiger partial charge in [0.2, 0.25) is 0 Å². The van der Waals surface area contributed by atoms with Crippen LogP contribution in [0.5, 0.6) is 11.5 Å². The number of esters is 1. The Labute approximate surface area is 214 Å². The van der Waals surface area contributed by atoms with Gasteiger partial charge in [0.05, 0.1) is 17.9 Å². The van der Waals surface area contributed by atoms with Crippen molar-refractivity contribution in [1.29, 1.82) is 0 Å². The molecule has 1 unspecified atom stereocenters. The fourth-order valence-corrected chi connectivity index (χ4v) is 5.23. The largest absolute Gasteiger partial charge is 0.507 e. The highest BCUT2D eigenvalue weighted by Crippen LogP contribution is 2.45. The van der Waals surface area contributed by atoms with Crippen LogP contribution < -0.4 is 14.4 Å². The number of aliphatic hydroxyl groups excluding tert-OH is 1. The summed E-state index contributed by atoms with van der Waals surface area (Å²) in [6.07, 6.45) is 0. The van der Waals surface area contributed by atoms with E-state index in [-0.39, 0.29) is 33.3 Å². The van der Waals surface area contributed by atoms with Gasteiger partial charge in [0.25, 0.3) is 5.78 Å². The van der Waals surface area contributed by atoms with Gasteiger partial charge >= 0.3 is 11.9 Å². The van der Waals surface area contributed by atoms with Gasteiger partial charge in [-0.1, -0.05) is 29.5 Å². The zero-order valence-corrected chi connectivity index (χ0v) is 20.6. The van der Waals surface area contributed by atoms with E-state index in [1.54, 1.807) is 26.0 Å². The number of halogens is 1. The molecule has 0 spiro atoms. The van der Waals surface area contributed by atoms with E-state index >= 15 is 4.39 Å². The molecule has 2 aliphatic rings. The number of ketones is 1. The highest BCUT2D eigenvalue weighted by Gasteiger charge is 2.49. The summed E-state index contributed by atoms with van der Waals surface area (Å²) in [6, 6.07) is 8.88. The first-order chi connectivity index (χ1) is 17.8. The number of nitrogens with zero attached hydrogens (tertiary/aromatic N) is 2. The van der Waals surface area contributed by atoms with Crippen molar-refractivity contribution in [3.8, 4) is 11.5 Å². The maximum Gasteiger partial charge on any atom is 0.350 e. The molecule has 2 aliphatic heterocycles. The number of ether oxygens (including phenoxy) is 3. The summed E-state index contributed by atoms with van der Waals surface area (Å²) in [5.74, 6) is -3.03. The number of hydrogen-bond donors (Lipinski definition) is 1. The molecule has 0 saturated carbocycles. The number of aryl methyl sites for hydroxylation is 1. The molecule has 3 aromatic rings. The number of hydrogen-bond acceptors (Lipinski definition) is 9. The van der Waals surface area contributed by atoms with Crippen LogP contribution in [0, 0.1) is 12.7 Å². The molecule has 0 radical (unpaired) electrons. The van der Waals surface area contributed by atoms with Crippen molar-refractivity contribution >= 4 is 39.9 Å². The lowest BCUT2D eigenvalue weighted by atomic mass is 9.95. The Hall–Kier alpha value is -4.25. The summed E-state index contributed by atoms with van der Waals surface area (Å²) in [5.41, 5.74) is 0.134. The summed E-state index contributed by atoms with van der Waals surface area (Å²) in [5, 5.41) is 11.3. The topological polar surface area (TPSA) is 115 Å².